The van der Waals surface area contributed by atoms with Gasteiger partial charge in [0.2, 0.25) is 5.88 Å². The number of carbonyl (C=O) groups is 1. The number of fused-ring (bicyclic) bond motifs is 1. The Morgan fingerprint density at radius 2 is 2.10 bits per heavy atom. The zero-order valence-corrected chi connectivity index (χ0v) is 16.5. The lowest BCUT2D eigenvalue weighted by Crippen LogP contribution is -2.29. The second-order valence-electron chi connectivity index (χ2n) is 6.88. The van der Waals surface area contributed by atoms with E-state index in [-0.39, 0.29) is 35.0 Å². The van der Waals surface area contributed by atoms with Gasteiger partial charge in [-0.2, -0.15) is 5.26 Å². The second kappa shape index (κ2) is 7.68. The van der Waals surface area contributed by atoms with Crippen LogP contribution in [0.5, 0.6) is 0 Å². The van der Waals surface area contributed by atoms with Gasteiger partial charge in [0.25, 0.3) is 5.56 Å². The highest BCUT2D eigenvalue weighted by molar-refractivity contribution is 5.93. The molecule has 3 N–H and O–H groups in total. The summed E-state index contributed by atoms with van der Waals surface area (Å²) in [5, 5.41) is 10.5. The van der Waals surface area contributed by atoms with E-state index < -0.39 is 17.4 Å². The molecule has 7 nitrogen and oxygen atoms in total. The molecule has 0 bridgehead atoms. The number of hydrogen-bond acceptors (Lipinski definition) is 6. The lowest BCUT2D eigenvalue weighted by atomic mass is 9.83. The maximum absolute atomic E-state index is 13.0. The molecule has 1 aliphatic heterocycles. The van der Waals surface area contributed by atoms with Gasteiger partial charge < -0.3 is 20.2 Å². The number of aromatic nitrogens is 1. The number of allylic oxidation sites excluding steroid dienone is 2. The van der Waals surface area contributed by atoms with E-state index in [1.54, 1.807) is 13.0 Å². The predicted octanol–water partition coefficient (Wildman–Crippen LogP) is 2.96. The number of carbonyl (C=O) groups excluding carboxylic acids is 1. The number of ether oxygens (including phenoxy) is 2. The first-order chi connectivity index (χ1) is 13.8. The molecular weight excluding hydrogens is 370 g/mol. The first kappa shape index (κ1) is 20.0. The average Bonchev–Trinajstić information content (AvgIpc) is 2.65. The van der Waals surface area contributed by atoms with Crippen LogP contribution in [-0.2, 0) is 14.3 Å². The number of nitrogens with zero attached hydrogens (tertiary/aromatic N) is 1. The van der Waals surface area contributed by atoms with Gasteiger partial charge in [-0.25, -0.2) is 4.79 Å². The molecule has 2 heterocycles. The summed E-state index contributed by atoms with van der Waals surface area (Å²) < 4.78 is 10.6. The van der Waals surface area contributed by atoms with Gasteiger partial charge in [-0.3, -0.25) is 4.79 Å². The number of nitriles is 1. The van der Waals surface area contributed by atoms with Crippen LogP contribution in [-0.4, -0.2) is 17.6 Å². The molecule has 0 saturated carbocycles. The van der Waals surface area contributed by atoms with Crippen LogP contribution in [0.15, 0.2) is 58.4 Å². The van der Waals surface area contributed by atoms with Crippen LogP contribution in [0.2, 0.25) is 0 Å². The molecule has 0 spiro atoms. The Bertz CT molecular complexity index is 1190. The molecule has 0 aliphatic carbocycles. The fourth-order valence-electron chi connectivity index (χ4n) is 3.59. The van der Waals surface area contributed by atoms with Crippen LogP contribution < -0.4 is 11.3 Å². The van der Waals surface area contributed by atoms with Gasteiger partial charge in [-0.05, 0) is 43.9 Å². The number of benzene rings is 1. The van der Waals surface area contributed by atoms with Crippen molar-refractivity contribution in [3.63, 3.8) is 0 Å². The Morgan fingerprint density at radius 3 is 2.76 bits per heavy atom. The topological polar surface area (TPSA) is 118 Å². The van der Waals surface area contributed by atoms with E-state index in [4.69, 9.17) is 15.2 Å². The number of pyridine rings is 1. The molecule has 0 amide bonds. The monoisotopic (exact) mass is 391 g/mol. The third-order valence-corrected chi connectivity index (χ3v) is 4.79. The van der Waals surface area contributed by atoms with E-state index >= 15 is 0 Å². The van der Waals surface area contributed by atoms with Gasteiger partial charge in [-0.15, -0.1) is 0 Å². The zero-order valence-electron chi connectivity index (χ0n) is 16.5. The summed E-state index contributed by atoms with van der Waals surface area (Å²) in [5.74, 6) is -1.66. The lowest BCUT2D eigenvalue weighted by molar-refractivity contribution is -0.138. The summed E-state index contributed by atoms with van der Waals surface area (Å²) in [6.07, 6.45) is 1.43. The summed E-state index contributed by atoms with van der Waals surface area (Å²) in [4.78, 5) is 28.5. The number of aromatic amines is 1. The third kappa shape index (κ3) is 3.52. The molecule has 0 unspecified atom stereocenters. The van der Waals surface area contributed by atoms with Crippen molar-refractivity contribution in [2.45, 2.75) is 26.7 Å². The Balaban J connectivity index is 2.28. The number of aryl methyl sites for hydroxylation is 2. The molecule has 1 aromatic carbocycles. The van der Waals surface area contributed by atoms with Crippen molar-refractivity contribution in [3.8, 4) is 6.07 Å². The molecule has 2 aromatic rings. The largest absolute Gasteiger partial charge is 0.458 e. The molecular formula is C22H21N3O4. The van der Waals surface area contributed by atoms with E-state index in [1.165, 1.54) is 6.08 Å². The van der Waals surface area contributed by atoms with Crippen molar-refractivity contribution in [2.75, 3.05) is 6.61 Å². The van der Waals surface area contributed by atoms with Crippen molar-refractivity contribution >= 4 is 16.9 Å². The number of esters is 1. The third-order valence-electron chi connectivity index (χ3n) is 4.79. The molecule has 0 radical (unpaired) electrons. The normalized spacial score (nSPS) is 16.4. The van der Waals surface area contributed by atoms with Gasteiger partial charge in [-0.1, -0.05) is 24.3 Å². The van der Waals surface area contributed by atoms with Crippen LogP contribution in [0.4, 0.5) is 0 Å². The minimum Gasteiger partial charge on any atom is -0.458 e. The minimum absolute atomic E-state index is 0.0180. The number of H-pyrrole nitrogens is 1. The Morgan fingerprint density at radius 1 is 1.38 bits per heavy atom. The first-order valence-corrected chi connectivity index (χ1v) is 8.99. The fourth-order valence-corrected chi connectivity index (χ4v) is 3.59. The summed E-state index contributed by atoms with van der Waals surface area (Å²) in [6, 6.07) is 7.55. The second-order valence-corrected chi connectivity index (χ2v) is 6.88. The minimum atomic E-state index is -1.000. The van der Waals surface area contributed by atoms with E-state index in [2.05, 4.69) is 11.6 Å². The molecule has 0 fully saturated rings. The molecule has 29 heavy (non-hydrogen) atoms. The maximum atomic E-state index is 13.0. The van der Waals surface area contributed by atoms with Gasteiger partial charge >= 0.3 is 5.97 Å². The zero-order chi connectivity index (χ0) is 21.3. The summed E-state index contributed by atoms with van der Waals surface area (Å²) in [6.45, 7) is 8.90. The van der Waals surface area contributed by atoms with E-state index in [9.17, 15) is 14.9 Å². The van der Waals surface area contributed by atoms with Crippen molar-refractivity contribution in [3.05, 3.63) is 80.7 Å². The average molecular weight is 391 g/mol. The smallest absolute Gasteiger partial charge is 0.338 e. The van der Waals surface area contributed by atoms with Crippen molar-refractivity contribution in [2.24, 2.45) is 5.73 Å². The quantitative estimate of drug-likeness (QED) is 0.611. The lowest BCUT2D eigenvalue weighted by Gasteiger charge is -2.26. The fraction of sp³-hybridized carbons (Fsp3) is 0.227. The van der Waals surface area contributed by atoms with Crippen molar-refractivity contribution in [1.29, 1.82) is 5.26 Å². The highest BCUT2D eigenvalue weighted by atomic mass is 16.5. The summed E-state index contributed by atoms with van der Waals surface area (Å²) in [5.41, 5.74) is 8.38. The van der Waals surface area contributed by atoms with Gasteiger partial charge in [0.15, 0.2) is 0 Å². The van der Waals surface area contributed by atoms with E-state index in [0.29, 0.717) is 5.52 Å². The number of rotatable bonds is 4. The van der Waals surface area contributed by atoms with Crippen LogP contribution >= 0.6 is 0 Å². The number of nitrogens with one attached hydrogen (secondary N) is 1. The van der Waals surface area contributed by atoms with Gasteiger partial charge in [0, 0.05) is 5.56 Å². The van der Waals surface area contributed by atoms with Crippen molar-refractivity contribution < 1.29 is 14.3 Å². The molecule has 1 aromatic heterocycles. The SMILES string of the molecule is C=CCOC(=O)C1=C(C)OC(N)=C(C#N)[C@@H]1c1cc2cc(C)cc(C)c2[nH]c1=O. The van der Waals surface area contributed by atoms with Crippen LogP contribution in [0.1, 0.15) is 29.5 Å². The van der Waals surface area contributed by atoms with E-state index in [1.807, 2.05) is 32.0 Å². The van der Waals surface area contributed by atoms with Gasteiger partial charge in [0.05, 0.1) is 17.0 Å². The highest BCUT2D eigenvalue weighted by Gasteiger charge is 2.37. The highest BCUT2D eigenvalue weighted by Crippen LogP contribution is 2.39. The first-order valence-electron chi connectivity index (χ1n) is 8.99. The molecule has 1 aliphatic rings. The van der Waals surface area contributed by atoms with E-state index in [0.717, 1.165) is 16.5 Å². The summed E-state index contributed by atoms with van der Waals surface area (Å²) in [7, 11) is 0. The summed E-state index contributed by atoms with van der Waals surface area (Å²) >= 11 is 0. The Labute approximate surface area is 167 Å². The molecule has 7 heteroatoms. The molecule has 1 atom stereocenters. The Kier molecular flexibility index (Phi) is 5.29. The van der Waals surface area contributed by atoms with Crippen LogP contribution in [0.25, 0.3) is 10.9 Å². The maximum Gasteiger partial charge on any atom is 0.338 e. The standard InChI is InChI=1S/C22H21N3O4/c1-5-6-28-22(27)17-13(4)29-20(24)16(10-23)18(17)15-9-14-8-11(2)7-12(3)19(14)25-21(15)26/h5,7-9,18H,1,6,24H2,2-4H3,(H,25,26)/t18-/m0/s1. The molecule has 3 rings (SSSR count). The molecule has 0 saturated heterocycles. The number of nitrogens with two attached hydrogens (primary N) is 1. The number of hydrogen-bond donors (Lipinski definition) is 2. The Hall–Kier alpha value is -3.79. The van der Waals surface area contributed by atoms with Crippen molar-refractivity contribution in [1.82, 2.24) is 4.98 Å². The van der Waals surface area contributed by atoms with Crippen LogP contribution in [0, 0.1) is 25.2 Å². The van der Waals surface area contributed by atoms with Gasteiger partial charge in [0.1, 0.15) is 24.0 Å². The molecule has 148 valence electrons. The predicted molar refractivity (Wildman–Crippen MR) is 109 cm³/mol. The van der Waals surface area contributed by atoms with Crippen LogP contribution in [0.3, 0.4) is 0 Å².